The molecule has 0 saturated heterocycles. The minimum atomic E-state index is -0.437. The largest absolute Gasteiger partial charge is 0.310 e. The Kier molecular flexibility index (Phi) is 5.36. The Balaban J connectivity index is 2.02. The maximum Gasteiger partial charge on any atom is 0.140 e. The summed E-state index contributed by atoms with van der Waals surface area (Å²) in [5.74, 6) is 1.71. The number of rotatable bonds is 4. The molecule has 0 radical (unpaired) electrons. The van der Waals surface area contributed by atoms with E-state index in [0.717, 1.165) is 11.5 Å². The van der Waals surface area contributed by atoms with Gasteiger partial charge in [0.2, 0.25) is 0 Å². The van der Waals surface area contributed by atoms with Gasteiger partial charge in [-0.2, -0.15) is 5.26 Å². The molecule has 0 aliphatic heterocycles. The lowest BCUT2D eigenvalue weighted by atomic mass is 9.74. The van der Waals surface area contributed by atoms with Crippen LogP contribution in [0.2, 0.25) is 0 Å². The van der Waals surface area contributed by atoms with Gasteiger partial charge in [-0.05, 0) is 48.3 Å². The number of hydrogen-bond donors (Lipinski definition) is 1. The van der Waals surface area contributed by atoms with Crippen molar-refractivity contribution in [2.75, 3.05) is 0 Å². The molecule has 1 aliphatic rings. The van der Waals surface area contributed by atoms with E-state index in [2.05, 4.69) is 26.1 Å². The first-order valence-corrected chi connectivity index (χ1v) is 7.93. The third-order valence-electron chi connectivity index (χ3n) is 4.74. The van der Waals surface area contributed by atoms with Crippen LogP contribution in [-0.4, -0.2) is 6.04 Å². The molecule has 0 aromatic heterocycles. The number of nitrogens with one attached hydrogen (secondary N) is 1. The van der Waals surface area contributed by atoms with Crippen LogP contribution in [0.3, 0.4) is 0 Å². The van der Waals surface area contributed by atoms with Gasteiger partial charge in [0.15, 0.2) is 0 Å². The second-order valence-electron chi connectivity index (χ2n) is 6.74. The zero-order valence-corrected chi connectivity index (χ0v) is 13.2. The lowest BCUT2D eigenvalue weighted by Crippen LogP contribution is -2.42. The molecule has 1 N–H and O–H groups in total. The van der Waals surface area contributed by atoms with Gasteiger partial charge < -0.3 is 5.32 Å². The number of nitrogens with zero attached hydrogens (tertiary/aromatic N) is 1. The Morgan fingerprint density at radius 1 is 1.38 bits per heavy atom. The van der Waals surface area contributed by atoms with Crippen molar-refractivity contribution in [3.05, 3.63) is 35.1 Å². The van der Waals surface area contributed by atoms with Gasteiger partial charge >= 0.3 is 0 Å². The smallest absolute Gasteiger partial charge is 0.140 e. The van der Waals surface area contributed by atoms with E-state index in [4.69, 9.17) is 5.26 Å². The highest BCUT2D eigenvalue weighted by atomic mass is 19.1. The molecule has 3 unspecified atom stereocenters. The van der Waals surface area contributed by atoms with Gasteiger partial charge in [0, 0.05) is 12.6 Å². The molecular weight excluding hydrogens is 263 g/mol. The third kappa shape index (κ3) is 4.04. The van der Waals surface area contributed by atoms with E-state index in [1.165, 1.54) is 25.3 Å². The zero-order valence-electron chi connectivity index (χ0n) is 13.2. The highest BCUT2D eigenvalue weighted by molar-refractivity contribution is 5.34. The molecule has 0 amide bonds. The van der Waals surface area contributed by atoms with E-state index in [1.807, 2.05) is 6.07 Å². The predicted molar refractivity (Wildman–Crippen MR) is 83.1 cm³/mol. The molecule has 1 fully saturated rings. The van der Waals surface area contributed by atoms with E-state index in [1.54, 1.807) is 12.1 Å². The fourth-order valence-electron chi connectivity index (χ4n) is 3.45. The first-order chi connectivity index (χ1) is 10.0. The van der Waals surface area contributed by atoms with Crippen LogP contribution in [0.5, 0.6) is 0 Å². The summed E-state index contributed by atoms with van der Waals surface area (Å²) in [6.07, 6.45) is 3.80. The van der Waals surface area contributed by atoms with Crippen molar-refractivity contribution in [2.24, 2.45) is 17.8 Å². The van der Waals surface area contributed by atoms with Crippen molar-refractivity contribution in [3.63, 3.8) is 0 Å². The van der Waals surface area contributed by atoms with E-state index >= 15 is 0 Å². The molecule has 0 spiro atoms. The molecule has 0 bridgehead atoms. The lowest BCUT2D eigenvalue weighted by molar-refractivity contribution is 0.169. The first-order valence-electron chi connectivity index (χ1n) is 7.93. The molecule has 1 aliphatic carbocycles. The molecule has 1 saturated carbocycles. The van der Waals surface area contributed by atoms with Gasteiger partial charge in [-0.25, -0.2) is 4.39 Å². The molecule has 2 rings (SSSR count). The van der Waals surface area contributed by atoms with Gasteiger partial charge in [0.25, 0.3) is 0 Å². The number of benzene rings is 1. The van der Waals surface area contributed by atoms with Crippen LogP contribution in [0.1, 0.15) is 51.2 Å². The molecule has 1 aromatic rings. The van der Waals surface area contributed by atoms with Crippen molar-refractivity contribution in [2.45, 2.75) is 52.6 Å². The summed E-state index contributed by atoms with van der Waals surface area (Å²) in [5.41, 5.74) is 1.11. The second kappa shape index (κ2) is 7.04. The van der Waals surface area contributed by atoms with Crippen LogP contribution in [0.25, 0.3) is 0 Å². The van der Waals surface area contributed by atoms with Gasteiger partial charge in [0.1, 0.15) is 11.9 Å². The predicted octanol–water partition coefficient (Wildman–Crippen LogP) is 4.25. The average molecular weight is 288 g/mol. The summed E-state index contributed by atoms with van der Waals surface area (Å²) >= 11 is 0. The highest BCUT2D eigenvalue weighted by Crippen LogP contribution is 2.33. The quantitative estimate of drug-likeness (QED) is 0.899. The lowest BCUT2D eigenvalue weighted by Gasteiger charge is -2.38. The Labute approximate surface area is 127 Å². The van der Waals surface area contributed by atoms with Crippen molar-refractivity contribution in [1.29, 1.82) is 5.26 Å². The topological polar surface area (TPSA) is 35.8 Å². The maximum atomic E-state index is 13.3. The molecule has 3 heteroatoms. The van der Waals surface area contributed by atoms with Crippen LogP contribution < -0.4 is 5.32 Å². The average Bonchev–Trinajstić information content (AvgIpc) is 2.46. The summed E-state index contributed by atoms with van der Waals surface area (Å²) in [4.78, 5) is 0. The molecular formula is C18H25FN2. The molecule has 2 nitrogen and oxygen atoms in total. The standard InChI is InChI=1S/C18H25FN2/c1-12(2)16-6-4-13(3)8-18(16)21-11-14-5-7-17(19)15(9-14)10-20/h5,7,9,12-13,16,18,21H,4,6,8,11H2,1-3H3. The van der Waals surface area contributed by atoms with E-state index in [0.29, 0.717) is 24.4 Å². The summed E-state index contributed by atoms with van der Waals surface area (Å²) in [5, 5.41) is 12.5. The summed E-state index contributed by atoms with van der Waals surface area (Å²) in [7, 11) is 0. The Morgan fingerprint density at radius 2 is 2.14 bits per heavy atom. The van der Waals surface area contributed by atoms with Crippen LogP contribution >= 0.6 is 0 Å². The second-order valence-corrected chi connectivity index (χ2v) is 6.74. The Bertz CT molecular complexity index is 518. The summed E-state index contributed by atoms with van der Waals surface area (Å²) in [6.45, 7) is 7.61. The van der Waals surface area contributed by atoms with Crippen molar-refractivity contribution >= 4 is 0 Å². The highest BCUT2D eigenvalue weighted by Gasteiger charge is 2.30. The number of halogens is 1. The van der Waals surface area contributed by atoms with Gasteiger partial charge in [-0.1, -0.05) is 33.3 Å². The SMILES string of the molecule is CC1CCC(C(C)C)C(NCc2ccc(F)c(C#N)c2)C1. The number of hydrogen-bond acceptors (Lipinski definition) is 2. The monoisotopic (exact) mass is 288 g/mol. The minimum Gasteiger partial charge on any atom is -0.310 e. The molecule has 0 heterocycles. The van der Waals surface area contributed by atoms with E-state index < -0.39 is 5.82 Å². The number of nitriles is 1. The van der Waals surface area contributed by atoms with Crippen LogP contribution in [0, 0.1) is 34.9 Å². The van der Waals surface area contributed by atoms with Crippen LogP contribution in [0.4, 0.5) is 4.39 Å². The van der Waals surface area contributed by atoms with Gasteiger partial charge in [0.05, 0.1) is 5.56 Å². The van der Waals surface area contributed by atoms with Crippen molar-refractivity contribution in [1.82, 2.24) is 5.32 Å². The minimum absolute atomic E-state index is 0.131. The maximum absolute atomic E-state index is 13.3. The van der Waals surface area contributed by atoms with Crippen molar-refractivity contribution in [3.8, 4) is 6.07 Å². The van der Waals surface area contributed by atoms with E-state index in [-0.39, 0.29) is 5.56 Å². The fourth-order valence-corrected chi connectivity index (χ4v) is 3.45. The van der Waals surface area contributed by atoms with Gasteiger partial charge in [-0.3, -0.25) is 0 Å². The third-order valence-corrected chi connectivity index (χ3v) is 4.74. The summed E-state index contributed by atoms with van der Waals surface area (Å²) < 4.78 is 13.3. The Hall–Kier alpha value is -1.40. The fraction of sp³-hybridized carbons (Fsp3) is 0.611. The summed E-state index contributed by atoms with van der Waals surface area (Å²) in [6, 6.07) is 7.23. The molecule has 1 aromatic carbocycles. The van der Waals surface area contributed by atoms with Crippen molar-refractivity contribution < 1.29 is 4.39 Å². The zero-order chi connectivity index (χ0) is 15.4. The van der Waals surface area contributed by atoms with E-state index in [9.17, 15) is 4.39 Å². The van der Waals surface area contributed by atoms with Crippen LogP contribution in [-0.2, 0) is 6.54 Å². The molecule has 21 heavy (non-hydrogen) atoms. The Morgan fingerprint density at radius 3 is 2.81 bits per heavy atom. The van der Waals surface area contributed by atoms with Crippen LogP contribution in [0.15, 0.2) is 18.2 Å². The normalized spacial score (nSPS) is 25.8. The van der Waals surface area contributed by atoms with Gasteiger partial charge in [-0.15, -0.1) is 0 Å². The molecule has 114 valence electrons. The first kappa shape index (κ1) is 16.0. The molecule has 3 atom stereocenters.